The van der Waals surface area contributed by atoms with Crippen LogP contribution in [-0.4, -0.2) is 9.90 Å². The third-order valence-corrected chi connectivity index (χ3v) is 1.80. The zero-order chi connectivity index (χ0) is 11.1. The van der Waals surface area contributed by atoms with Crippen LogP contribution in [0.1, 0.15) is 41.5 Å². The summed E-state index contributed by atoms with van der Waals surface area (Å²) in [5, 5.41) is 16.1. The molecule has 0 unspecified atom stereocenters. The van der Waals surface area contributed by atoms with Crippen LogP contribution in [0.4, 0.5) is 0 Å². The third kappa shape index (κ3) is 2.02. The first kappa shape index (κ1) is 10.9. The summed E-state index contributed by atoms with van der Waals surface area (Å²) in [5.74, 6) is 0. The van der Waals surface area contributed by atoms with Gasteiger partial charge in [-0.15, -0.1) is 5.21 Å². The Morgan fingerprint density at radius 1 is 1.21 bits per heavy atom. The summed E-state index contributed by atoms with van der Waals surface area (Å²) >= 11 is 0. The molecule has 0 aliphatic carbocycles. The molecule has 80 valence electrons. The van der Waals surface area contributed by atoms with Crippen molar-refractivity contribution in [3.8, 4) is 0 Å². The van der Waals surface area contributed by atoms with E-state index in [0.717, 1.165) is 0 Å². The lowest BCUT2D eigenvalue weighted by Gasteiger charge is -2.23. The third-order valence-electron chi connectivity index (χ3n) is 1.80. The number of rotatable bonds is 0. The van der Waals surface area contributed by atoms with Gasteiger partial charge in [-0.3, -0.25) is 0 Å². The molecule has 5 nitrogen and oxygen atoms in total. The summed E-state index contributed by atoms with van der Waals surface area (Å²) < 4.78 is 1.62. The molecule has 1 rings (SSSR count). The van der Waals surface area contributed by atoms with E-state index in [1.54, 1.807) is 9.48 Å². The maximum atomic E-state index is 7.70. The first-order valence-electron chi connectivity index (χ1n) is 4.74. The molecule has 0 saturated heterocycles. The van der Waals surface area contributed by atoms with Crippen molar-refractivity contribution in [2.45, 2.75) is 52.6 Å². The number of hydrogen-bond donors (Lipinski definition) is 1. The van der Waals surface area contributed by atoms with E-state index in [9.17, 15) is 0 Å². The summed E-state index contributed by atoms with van der Waals surface area (Å²) in [7, 11) is 0. The van der Waals surface area contributed by atoms with E-state index >= 15 is 0 Å². The van der Waals surface area contributed by atoms with Gasteiger partial charge in [0.2, 0.25) is 0 Å². The van der Waals surface area contributed by atoms with Crippen molar-refractivity contribution in [1.29, 1.82) is 5.41 Å². The summed E-state index contributed by atoms with van der Waals surface area (Å²) in [6.45, 7) is 12.1. The van der Waals surface area contributed by atoms with Gasteiger partial charge < -0.3 is 10.1 Å². The fraction of sp³-hybridized carbons (Fsp3) is 0.889. The Labute approximate surface area is 84.2 Å². The van der Waals surface area contributed by atoms with E-state index in [4.69, 9.17) is 5.41 Å². The van der Waals surface area contributed by atoms with Crippen LogP contribution in [0.3, 0.4) is 0 Å². The molecule has 1 aromatic rings. The summed E-state index contributed by atoms with van der Waals surface area (Å²) in [6.07, 6.45) is 0. The Kier molecular flexibility index (Phi) is 2.29. The van der Waals surface area contributed by atoms with Gasteiger partial charge in [0.25, 0.3) is 0 Å². The van der Waals surface area contributed by atoms with Crippen molar-refractivity contribution in [3.63, 3.8) is 0 Å². The predicted molar refractivity (Wildman–Crippen MR) is 51.6 cm³/mol. The molecule has 0 aliphatic rings. The highest BCUT2D eigenvalue weighted by Gasteiger charge is 2.20. The molecule has 1 heterocycles. The van der Waals surface area contributed by atoms with Crippen LogP contribution in [0.25, 0.3) is 0 Å². The lowest BCUT2D eigenvalue weighted by molar-refractivity contribution is -0.859. The number of aromatic nitrogens is 4. The second-order valence-electron chi connectivity index (χ2n) is 5.46. The molecule has 0 bridgehead atoms. The largest absolute Gasteiger partial charge is 0.371 e. The molecule has 14 heavy (non-hydrogen) atoms. The highest BCUT2D eigenvalue weighted by Crippen LogP contribution is 2.07. The van der Waals surface area contributed by atoms with Gasteiger partial charge in [0.05, 0.1) is 0 Å². The number of nitrogens with zero attached hydrogens (tertiary/aromatic N) is 4. The minimum atomic E-state index is -0.194. The van der Waals surface area contributed by atoms with Gasteiger partial charge in [0.1, 0.15) is 11.2 Å². The quantitative estimate of drug-likeness (QED) is 0.600. The Morgan fingerprint density at radius 2 is 1.71 bits per heavy atom. The molecule has 0 aliphatic heterocycles. The van der Waals surface area contributed by atoms with Crippen molar-refractivity contribution in [3.05, 3.63) is 5.62 Å². The highest BCUT2D eigenvalue weighted by atomic mass is 15.7. The van der Waals surface area contributed by atoms with Gasteiger partial charge in [-0.25, -0.2) is 0 Å². The van der Waals surface area contributed by atoms with Crippen LogP contribution in [-0.2, 0) is 11.1 Å². The maximum absolute atomic E-state index is 7.70. The minimum Gasteiger partial charge on any atom is -0.371 e. The lowest BCUT2D eigenvalue weighted by atomic mass is 10.1. The van der Waals surface area contributed by atoms with Gasteiger partial charge in [0, 0.05) is 5.54 Å². The molecular weight excluding hydrogens is 178 g/mol. The van der Waals surface area contributed by atoms with Crippen molar-refractivity contribution < 1.29 is 4.80 Å². The normalized spacial score (nSPS) is 13.3. The summed E-state index contributed by atoms with van der Waals surface area (Å²) in [5.41, 5.74) is -0.167. The fourth-order valence-electron chi connectivity index (χ4n) is 1.02. The second kappa shape index (κ2) is 2.93. The van der Waals surface area contributed by atoms with Crippen LogP contribution >= 0.6 is 0 Å². The Hall–Kier alpha value is -1.13. The Bertz CT molecular complexity index is 371. The first-order chi connectivity index (χ1) is 6.12. The maximum Gasteiger partial charge on any atom is 0.125 e. The molecule has 0 amide bonds. The molecular formula is C9H19N5. The smallest absolute Gasteiger partial charge is 0.125 e. The molecule has 0 radical (unpaired) electrons. The van der Waals surface area contributed by atoms with E-state index in [1.165, 1.54) is 0 Å². The van der Waals surface area contributed by atoms with Crippen LogP contribution in [0.15, 0.2) is 0 Å². The highest BCUT2D eigenvalue weighted by molar-refractivity contribution is 4.66. The van der Waals surface area contributed by atoms with Crippen LogP contribution in [0, 0.1) is 5.41 Å². The van der Waals surface area contributed by atoms with Crippen LogP contribution in [0.2, 0.25) is 0 Å². The Balaban J connectivity index is 3.26. The predicted octanol–water partition coefficient (Wildman–Crippen LogP) is 0.117. The van der Waals surface area contributed by atoms with E-state index < -0.39 is 0 Å². The molecule has 0 fully saturated rings. The van der Waals surface area contributed by atoms with Crippen LogP contribution in [0.5, 0.6) is 0 Å². The van der Waals surface area contributed by atoms with E-state index in [0.29, 0.717) is 0 Å². The Morgan fingerprint density at radius 3 is 1.93 bits per heavy atom. The zero-order valence-corrected chi connectivity index (χ0v) is 9.79. The molecule has 0 saturated carbocycles. The number of tetrazole rings is 1. The van der Waals surface area contributed by atoms with E-state index in [-0.39, 0.29) is 16.7 Å². The fourth-order valence-corrected chi connectivity index (χ4v) is 1.02. The SMILES string of the molecule is CC(C)(C)n1n[n+](C(C)(C)C)[n-]c1=N. The molecule has 1 N–H and O–H groups in total. The zero-order valence-electron chi connectivity index (χ0n) is 9.79. The van der Waals surface area contributed by atoms with Gasteiger partial charge in [-0.2, -0.15) is 9.90 Å². The van der Waals surface area contributed by atoms with Crippen molar-refractivity contribution in [1.82, 2.24) is 15.0 Å². The molecule has 1 aromatic heterocycles. The summed E-state index contributed by atoms with van der Waals surface area (Å²) in [4.78, 5) is 1.58. The van der Waals surface area contributed by atoms with Crippen molar-refractivity contribution >= 4 is 0 Å². The topological polar surface area (TPSA) is 59.6 Å². The second-order valence-corrected chi connectivity index (χ2v) is 5.46. The van der Waals surface area contributed by atoms with Crippen LogP contribution < -0.4 is 15.5 Å². The van der Waals surface area contributed by atoms with Crippen molar-refractivity contribution in [2.75, 3.05) is 0 Å². The molecule has 5 heteroatoms. The lowest BCUT2D eigenvalue weighted by Crippen LogP contribution is -2.56. The average molecular weight is 197 g/mol. The van der Waals surface area contributed by atoms with E-state index in [1.807, 2.05) is 41.5 Å². The first-order valence-corrected chi connectivity index (χ1v) is 4.74. The van der Waals surface area contributed by atoms with Gasteiger partial charge in [-0.05, 0) is 20.8 Å². The standard InChI is InChI=1S/C9H19N5/c1-8(2,3)13-7(10)11-14(12-13)9(4,5)6/h10H,1-6H3. The van der Waals surface area contributed by atoms with Gasteiger partial charge in [0.15, 0.2) is 0 Å². The van der Waals surface area contributed by atoms with Gasteiger partial charge in [-0.1, -0.05) is 20.8 Å². The monoisotopic (exact) mass is 197 g/mol. The molecule has 0 spiro atoms. The number of hydrogen-bond acceptors (Lipinski definition) is 2. The molecule has 0 atom stereocenters. The number of nitrogens with one attached hydrogen (secondary N) is 1. The molecule has 0 aromatic carbocycles. The van der Waals surface area contributed by atoms with E-state index in [2.05, 4.69) is 10.3 Å². The van der Waals surface area contributed by atoms with Crippen molar-refractivity contribution in [2.24, 2.45) is 0 Å². The van der Waals surface area contributed by atoms with Gasteiger partial charge >= 0.3 is 0 Å². The minimum absolute atomic E-state index is 0.174. The summed E-state index contributed by atoms with van der Waals surface area (Å²) in [6, 6.07) is 0. The average Bonchev–Trinajstić information content (AvgIpc) is 2.27.